The Morgan fingerprint density at radius 3 is 2.47 bits per heavy atom. The summed E-state index contributed by atoms with van der Waals surface area (Å²) in [4.78, 5) is 13.2. The highest BCUT2D eigenvalue weighted by atomic mass is 79.9. The molecule has 0 heterocycles. The first-order valence-corrected chi connectivity index (χ1v) is 6.93. The number of methoxy groups -OCH3 is 1. The van der Waals surface area contributed by atoms with Gasteiger partial charge in [-0.05, 0) is 24.7 Å². The minimum atomic E-state index is -0.567. The van der Waals surface area contributed by atoms with Crippen LogP contribution in [-0.4, -0.2) is 43.2 Å². The van der Waals surface area contributed by atoms with Crippen molar-refractivity contribution < 1.29 is 14.6 Å². The lowest BCUT2D eigenvalue weighted by molar-refractivity contribution is -0.145. The molecule has 0 fully saturated rings. The molecule has 1 N–H and O–H groups in total. The monoisotopic (exact) mass is 329 g/mol. The zero-order valence-corrected chi connectivity index (χ0v) is 13.1. The lowest BCUT2D eigenvalue weighted by atomic mass is 10.1. The number of halogens is 1. The van der Waals surface area contributed by atoms with Crippen molar-refractivity contribution in [3.8, 4) is 0 Å². The van der Waals surface area contributed by atoms with Crippen LogP contribution < -0.4 is 0 Å². The maximum Gasteiger partial charge on any atom is 0.309 e. The third kappa shape index (κ3) is 5.30. The van der Waals surface area contributed by atoms with Gasteiger partial charge in [-0.25, -0.2) is 0 Å². The van der Waals surface area contributed by atoms with Gasteiger partial charge >= 0.3 is 5.97 Å². The smallest absolute Gasteiger partial charge is 0.309 e. The summed E-state index contributed by atoms with van der Waals surface area (Å²) in [5.74, 6) is -0.433. The van der Waals surface area contributed by atoms with E-state index < -0.39 is 6.10 Å². The van der Waals surface area contributed by atoms with E-state index >= 15 is 0 Å². The van der Waals surface area contributed by atoms with Crippen LogP contribution in [-0.2, 0) is 9.53 Å². The summed E-state index contributed by atoms with van der Waals surface area (Å²) < 4.78 is 5.66. The van der Waals surface area contributed by atoms with Gasteiger partial charge in [0, 0.05) is 17.6 Å². The minimum Gasteiger partial charge on any atom is -0.469 e. The highest BCUT2D eigenvalue weighted by Gasteiger charge is 2.17. The van der Waals surface area contributed by atoms with Crippen LogP contribution in [0.4, 0.5) is 0 Å². The van der Waals surface area contributed by atoms with Crippen molar-refractivity contribution in [3.63, 3.8) is 0 Å². The molecule has 1 rings (SSSR count). The van der Waals surface area contributed by atoms with Gasteiger partial charge in [-0.2, -0.15) is 0 Å². The molecular formula is C14H20BrNO3. The summed E-state index contributed by atoms with van der Waals surface area (Å²) in [6.45, 7) is 2.84. The summed E-state index contributed by atoms with van der Waals surface area (Å²) in [5.41, 5.74) is 0.862. The van der Waals surface area contributed by atoms with Crippen molar-refractivity contribution in [2.24, 2.45) is 5.92 Å². The van der Waals surface area contributed by atoms with E-state index in [0.29, 0.717) is 13.1 Å². The lowest BCUT2D eigenvalue weighted by Crippen LogP contribution is -2.32. The van der Waals surface area contributed by atoms with Crippen LogP contribution in [0.3, 0.4) is 0 Å². The van der Waals surface area contributed by atoms with Crippen LogP contribution in [0.15, 0.2) is 28.7 Å². The number of aliphatic hydroxyl groups excluding tert-OH is 1. The molecule has 2 atom stereocenters. The van der Waals surface area contributed by atoms with Gasteiger partial charge < -0.3 is 14.7 Å². The number of hydrogen-bond acceptors (Lipinski definition) is 4. The molecule has 1 aromatic rings. The molecule has 0 aliphatic carbocycles. The highest BCUT2D eigenvalue weighted by Crippen LogP contribution is 2.17. The Morgan fingerprint density at radius 2 is 1.95 bits per heavy atom. The summed E-state index contributed by atoms with van der Waals surface area (Å²) in [7, 11) is 3.26. The third-order valence-electron chi connectivity index (χ3n) is 2.93. The normalized spacial score (nSPS) is 14.2. The fourth-order valence-corrected chi connectivity index (χ4v) is 2.17. The molecule has 5 heteroatoms. The maximum absolute atomic E-state index is 11.3. The third-order valence-corrected chi connectivity index (χ3v) is 3.46. The molecule has 2 unspecified atom stereocenters. The van der Waals surface area contributed by atoms with E-state index in [2.05, 4.69) is 20.7 Å². The van der Waals surface area contributed by atoms with Gasteiger partial charge in [0.1, 0.15) is 0 Å². The van der Waals surface area contributed by atoms with E-state index in [4.69, 9.17) is 0 Å². The second-order valence-electron chi connectivity index (χ2n) is 4.71. The number of rotatable bonds is 6. The summed E-state index contributed by atoms with van der Waals surface area (Å²) in [5, 5.41) is 10.1. The summed E-state index contributed by atoms with van der Waals surface area (Å²) in [6, 6.07) is 7.56. The number of ether oxygens (including phenoxy) is 1. The Kier molecular flexibility index (Phi) is 6.48. The Morgan fingerprint density at radius 1 is 1.37 bits per heavy atom. The van der Waals surface area contributed by atoms with Crippen LogP contribution in [0.25, 0.3) is 0 Å². The van der Waals surface area contributed by atoms with Crippen LogP contribution >= 0.6 is 15.9 Å². The van der Waals surface area contributed by atoms with Crippen molar-refractivity contribution >= 4 is 21.9 Å². The Labute approximate surface area is 122 Å². The predicted octanol–water partition coefficient (Wildman–Crippen LogP) is 2.22. The largest absolute Gasteiger partial charge is 0.469 e. The number of likely N-dealkylation sites (N-methyl/N-ethyl adjacent to an activating group) is 1. The first kappa shape index (κ1) is 16.1. The van der Waals surface area contributed by atoms with E-state index in [1.807, 2.05) is 43.1 Å². The van der Waals surface area contributed by atoms with Crippen molar-refractivity contribution in [1.82, 2.24) is 4.90 Å². The van der Waals surface area contributed by atoms with E-state index in [-0.39, 0.29) is 11.9 Å². The average Bonchev–Trinajstić information content (AvgIpc) is 2.38. The maximum atomic E-state index is 11.3. The Hall–Kier alpha value is -0.910. The van der Waals surface area contributed by atoms with E-state index in [1.165, 1.54) is 7.11 Å². The molecule has 0 saturated heterocycles. The zero-order chi connectivity index (χ0) is 14.4. The lowest BCUT2D eigenvalue weighted by Gasteiger charge is -2.23. The predicted molar refractivity (Wildman–Crippen MR) is 77.8 cm³/mol. The second kappa shape index (κ2) is 7.62. The van der Waals surface area contributed by atoms with Crippen molar-refractivity contribution in [2.75, 3.05) is 27.2 Å². The van der Waals surface area contributed by atoms with Crippen LogP contribution in [0.1, 0.15) is 18.6 Å². The first-order valence-electron chi connectivity index (χ1n) is 6.14. The molecule has 0 radical (unpaired) electrons. The van der Waals surface area contributed by atoms with E-state index in [1.54, 1.807) is 0 Å². The minimum absolute atomic E-state index is 0.202. The second-order valence-corrected chi connectivity index (χ2v) is 5.63. The highest BCUT2D eigenvalue weighted by molar-refractivity contribution is 9.10. The van der Waals surface area contributed by atoms with Crippen molar-refractivity contribution in [2.45, 2.75) is 13.0 Å². The number of aliphatic hydroxyl groups is 1. The number of nitrogens with zero attached hydrogens (tertiary/aromatic N) is 1. The Bertz CT molecular complexity index is 408. The van der Waals surface area contributed by atoms with Gasteiger partial charge in [-0.1, -0.05) is 35.0 Å². The fourth-order valence-electron chi connectivity index (χ4n) is 1.90. The fraction of sp³-hybridized carbons (Fsp3) is 0.500. The zero-order valence-electron chi connectivity index (χ0n) is 11.5. The summed E-state index contributed by atoms with van der Waals surface area (Å²) >= 11 is 3.36. The molecule has 0 aromatic heterocycles. The van der Waals surface area contributed by atoms with Crippen LogP contribution in [0.5, 0.6) is 0 Å². The quantitative estimate of drug-likeness (QED) is 0.813. The molecule has 0 aliphatic rings. The molecule has 0 spiro atoms. The van der Waals surface area contributed by atoms with Gasteiger partial charge in [0.25, 0.3) is 0 Å². The number of carbonyl (C=O) groups is 1. The van der Waals surface area contributed by atoms with Crippen molar-refractivity contribution in [1.29, 1.82) is 0 Å². The molecular weight excluding hydrogens is 310 g/mol. The van der Waals surface area contributed by atoms with Gasteiger partial charge in [0.15, 0.2) is 0 Å². The molecule has 4 nitrogen and oxygen atoms in total. The van der Waals surface area contributed by atoms with E-state index in [0.717, 1.165) is 10.0 Å². The van der Waals surface area contributed by atoms with Crippen LogP contribution in [0, 0.1) is 5.92 Å². The van der Waals surface area contributed by atoms with E-state index in [9.17, 15) is 9.90 Å². The number of esters is 1. The van der Waals surface area contributed by atoms with Crippen LogP contribution in [0.2, 0.25) is 0 Å². The molecule has 106 valence electrons. The number of carbonyl (C=O) groups excluding carboxylic acids is 1. The van der Waals surface area contributed by atoms with Gasteiger partial charge in [-0.15, -0.1) is 0 Å². The number of benzene rings is 1. The molecule has 0 aliphatic heterocycles. The standard InChI is InChI=1S/C14H20BrNO3/c1-10(14(18)19-3)8-16(2)9-13(17)11-4-6-12(15)7-5-11/h4-7,10,13,17H,8-9H2,1-3H3. The molecule has 0 saturated carbocycles. The first-order chi connectivity index (χ1) is 8.93. The van der Waals surface area contributed by atoms with Gasteiger partial charge in [0.05, 0.1) is 19.1 Å². The SMILES string of the molecule is COC(=O)C(C)CN(C)CC(O)c1ccc(Br)cc1. The number of hydrogen-bond donors (Lipinski definition) is 1. The molecule has 0 amide bonds. The van der Waals surface area contributed by atoms with Gasteiger partial charge in [0.2, 0.25) is 0 Å². The average molecular weight is 330 g/mol. The molecule has 19 heavy (non-hydrogen) atoms. The molecule has 0 bridgehead atoms. The molecule has 1 aromatic carbocycles. The summed E-state index contributed by atoms with van der Waals surface area (Å²) in [6.07, 6.45) is -0.567. The van der Waals surface area contributed by atoms with Crippen molar-refractivity contribution in [3.05, 3.63) is 34.3 Å². The Balaban J connectivity index is 2.49. The van der Waals surface area contributed by atoms with Gasteiger partial charge in [-0.3, -0.25) is 4.79 Å². The topological polar surface area (TPSA) is 49.8 Å².